The van der Waals surface area contributed by atoms with Crippen molar-refractivity contribution in [3.05, 3.63) is 0 Å². The predicted octanol–water partition coefficient (Wildman–Crippen LogP) is 2.08. The van der Waals surface area contributed by atoms with E-state index < -0.39 is 12.3 Å². The van der Waals surface area contributed by atoms with Crippen LogP contribution >= 0.6 is 0 Å². The maximum absolute atomic E-state index is 12.9. The lowest BCUT2D eigenvalue weighted by molar-refractivity contribution is -0.165. The number of carbonyl (C=O) groups is 1. The summed E-state index contributed by atoms with van der Waals surface area (Å²) >= 11 is 0. The lowest BCUT2D eigenvalue weighted by atomic mass is 9.85. The van der Waals surface area contributed by atoms with Crippen LogP contribution in [0.5, 0.6) is 0 Å². The quantitative estimate of drug-likeness (QED) is 0.617. The van der Waals surface area contributed by atoms with Crippen molar-refractivity contribution in [3.63, 3.8) is 0 Å². The Labute approximate surface area is 77.5 Å². The number of carbonyl (C=O) groups excluding carboxylic acids is 1. The SMILES string of the molecule is CC(=O)OC1(CF)CC2CCC1C2. The third-order valence-electron chi connectivity index (χ3n) is 3.49. The van der Waals surface area contributed by atoms with E-state index in [4.69, 9.17) is 4.74 Å². The van der Waals surface area contributed by atoms with Gasteiger partial charge in [-0.1, -0.05) is 0 Å². The van der Waals surface area contributed by atoms with E-state index in [1.54, 1.807) is 0 Å². The molecule has 2 aliphatic carbocycles. The number of ether oxygens (including phenoxy) is 1. The number of hydrogen-bond acceptors (Lipinski definition) is 2. The van der Waals surface area contributed by atoms with Crippen molar-refractivity contribution in [1.29, 1.82) is 0 Å². The van der Waals surface area contributed by atoms with E-state index in [1.165, 1.54) is 13.3 Å². The molecule has 3 heteroatoms. The lowest BCUT2D eigenvalue weighted by Gasteiger charge is -2.34. The summed E-state index contributed by atoms with van der Waals surface area (Å²) in [6.07, 6.45) is 4.01. The highest BCUT2D eigenvalue weighted by Crippen LogP contribution is 2.52. The van der Waals surface area contributed by atoms with Crippen LogP contribution in [0.3, 0.4) is 0 Å². The molecule has 0 aromatic heterocycles. The van der Waals surface area contributed by atoms with E-state index in [2.05, 4.69) is 0 Å². The first-order valence-electron chi connectivity index (χ1n) is 4.92. The molecule has 0 aromatic carbocycles. The third-order valence-corrected chi connectivity index (χ3v) is 3.49. The normalized spacial score (nSPS) is 42.3. The molecular formula is C10H15FO2. The molecule has 2 saturated carbocycles. The van der Waals surface area contributed by atoms with Gasteiger partial charge in [-0.3, -0.25) is 4.79 Å². The van der Waals surface area contributed by atoms with Crippen LogP contribution in [0.2, 0.25) is 0 Å². The molecule has 0 saturated heterocycles. The van der Waals surface area contributed by atoms with Gasteiger partial charge < -0.3 is 4.74 Å². The zero-order valence-corrected chi connectivity index (χ0v) is 7.88. The molecule has 0 heterocycles. The fourth-order valence-corrected chi connectivity index (χ4v) is 3.00. The fraction of sp³-hybridized carbons (Fsp3) is 0.900. The largest absolute Gasteiger partial charge is 0.456 e. The Hall–Kier alpha value is -0.600. The van der Waals surface area contributed by atoms with Crippen LogP contribution in [0.4, 0.5) is 4.39 Å². The van der Waals surface area contributed by atoms with E-state index in [1.807, 2.05) is 0 Å². The predicted molar refractivity (Wildman–Crippen MR) is 45.9 cm³/mol. The van der Waals surface area contributed by atoms with Gasteiger partial charge in [0.25, 0.3) is 0 Å². The maximum atomic E-state index is 12.9. The standard InChI is InChI=1S/C10H15FO2/c1-7(12)13-10(6-11)5-8-2-3-9(10)4-8/h8-9H,2-6H2,1H3. The van der Waals surface area contributed by atoms with Crippen molar-refractivity contribution in [2.45, 2.75) is 38.2 Å². The minimum Gasteiger partial charge on any atom is -0.456 e. The minimum atomic E-state index is -0.741. The fourth-order valence-electron chi connectivity index (χ4n) is 3.00. The molecule has 13 heavy (non-hydrogen) atoms. The van der Waals surface area contributed by atoms with E-state index in [0.717, 1.165) is 19.3 Å². The van der Waals surface area contributed by atoms with Crippen molar-refractivity contribution < 1.29 is 13.9 Å². The molecular weight excluding hydrogens is 171 g/mol. The second kappa shape index (κ2) is 2.96. The van der Waals surface area contributed by atoms with Crippen LogP contribution in [0.15, 0.2) is 0 Å². The molecule has 0 amide bonds. The number of hydrogen-bond donors (Lipinski definition) is 0. The average Bonchev–Trinajstić information content (AvgIpc) is 2.62. The summed E-state index contributed by atoms with van der Waals surface area (Å²) in [4.78, 5) is 10.9. The first kappa shape index (κ1) is 8.97. The molecule has 0 aromatic rings. The monoisotopic (exact) mass is 186 g/mol. The number of esters is 1. The first-order valence-corrected chi connectivity index (χ1v) is 4.92. The second-order valence-electron chi connectivity index (χ2n) is 4.37. The molecule has 2 bridgehead atoms. The molecule has 2 fully saturated rings. The minimum absolute atomic E-state index is 0.284. The van der Waals surface area contributed by atoms with Gasteiger partial charge in [-0.15, -0.1) is 0 Å². The number of halogens is 1. The van der Waals surface area contributed by atoms with E-state index in [0.29, 0.717) is 5.92 Å². The molecule has 0 N–H and O–H groups in total. The smallest absolute Gasteiger partial charge is 0.303 e. The van der Waals surface area contributed by atoms with Gasteiger partial charge in [-0.2, -0.15) is 0 Å². The van der Waals surface area contributed by atoms with Gasteiger partial charge in [-0.05, 0) is 31.6 Å². The van der Waals surface area contributed by atoms with Crippen molar-refractivity contribution in [1.82, 2.24) is 0 Å². The Morgan fingerprint density at radius 1 is 1.62 bits per heavy atom. The van der Waals surface area contributed by atoms with E-state index in [-0.39, 0.29) is 11.9 Å². The molecule has 2 nitrogen and oxygen atoms in total. The summed E-state index contributed by atoms with van der Waals surface area (Å²) in [5.74, 6) is 0.539. The Morgan fingerprint density at radius 3 is 2.77 bits per heavy atom. The van der Waals surface area contributed by atoms with E-state index >= 15 is 0 Å². The van der Waals surface area contributed by atoms with Crippen molar-refractivity contribution in [3.8, 4) is 0 Å². The molecule has 0 spiro atoms. The van der Waals surface area contributed by atoms with Crippen LogP contribution in [0.25, 0.3) is 0 Å². The maximum Gasteiger partial charge on any atom is 0.303 e. The van der Waals surface area contributed by atoms with Crippen molar-refractivity contribution >= 4 is 5.97 Å². The summed E-state index contributed by atoms with van der Waals surface area (Å²) in [7, 11) is 0. The summed E-state index contributed by atoms with van der Waals surface area (Å²) in [5.41, 5.74) is -0.741. The van der Waals surface area contributed by atoms with Gasteiger partial charge in [0.1, 0.15) is 12.3 Å². The molecule has 2 aliphatic rings. The van der Waals surface area contributed by atoms with Crippen molar-refractivity contribution in [2.75, 3.05) is 6.67 Å². The van der Waals surface area contributed by atoms with Gasteiger partial charge in [0, 0.05) is 12.8 Å². The lowest BCUT2D eigenvalue weighted by Crippen LogP contribution is -2.42. The summed E-state index contributed by atoms with van der Waals surface area (Å²) < 4.78 is 18.1. The molecule has 74 valence electrons. The first-order chi connectivity index (χ1) is 6.16. The van der Waals surface area contributed by atoms with Gasteiger partial charge in [0.2, 0.25) is 0 Å². The van der Waals surface area contributed by atoms with Gasteiger partial charge in [-0.25, -0.2) is 4.39 Å². The Morgan fingerprint density at radius 2 is 2.38 bits per heavy atom. The molecule has 3 atom stereocenters. The topological polar surface area (TPSA) is 26.3 Å². The number of fused-ring (bicyclic) bond motifs is 2. The number of alkyl halides is 1. The van der Waals surface area contributed by atoms with Crippen LogP contribution in [-0.4, -0.2) is 18.2 Å². The second-order valence-corrected chi connectivity index (χ2v) is 4.37. The molecule has 3 unspecified atom stereocenters. The molecule has 2 rings (SSSR count). The summed E-state index contributed by atoms with van der Waals surface area (Å²) in [6.45, 7) is 0.858. The summed E-state index contributed by atoms with van der Waals surface area (Å²) in [6, 6.07) is 0. The third kappa shape index (κ3) is 1.34. The highest BCUT2D eigenvalue weighted by atomic mass is 19.1. The molecule has 0 radical (unpaired) electrons. The zero-order chi connectivity index (χ0) is 9.47. The van der Waals surface area contributed by atoms with Crippen LogP contribution in [-0.2, 0) is 9.53 Å². The Bertz CT molecular complexity index is 229. The van der Waals surface area contributed by atoms with Gasteiger partial charge >= 0.3 is 5.97 Å². The van der Waals surface area contributed by atoms with E-state index in [9.17, 15) is 9.18 Å². The summed E-state index contributed by atoms with van der Waals surface area (Å²) in [5, 5.41) is 0. The van der Waals surface area contributed by atoms with Gasteiger partial charge in [0.05, 0.1) is 0 Å². The van der Waals surface area contributed by atoms with Crippen LogP contribution < -0.4 is 0 Å². The highest BCUT2D eigenvalue weighted by molar-refractivity contribution is 5.66. The molecule has 0 aliphatic heterocycles. The Balaban J connectivity index is 2.12. The zero-order valence-electron chi connectivity index (χ0n) is 7.88. The average molecular weight is 186 g/mol. The van der Waals surface area contributed by atoms with Crippen LogP contribution in [0.1, 0.15) is 32.6 Å². The Kier molecular flexibility index (Phi) is 2.05. The highest BCUT2D eigenvalue weighted by Gasteiger charge is 2.53. The van der Waals surface area contributed by atoms with Crippen molar-refractivity contribution in [2.24, 2.45) is 11.8 Å². The van der Waals surface area contributed by atoms with Crippen LogP contribution in [0, 0.1) is 11.8 Å². The van der Waals surface area contributed by atoms with Gasteiger partial charge in [0.15, 0.2) is 0 Å². The number of rotatable bonds is 2.